The van der Waals surface area contributed by atoms with Crippen molar-refractivity contribution in [2.45, 2.75) is 5.92 Å². The molecule has 0 radical (unpaired) electrons. The van der Waals surface area contributed by atoms with Crippen molar-refractivity contribution in [1.82, 2.24) is 9.88 Å². The molecule has 1 aromatic carbocycles. The number of phosphoric acid groups is 1. The summed E-state index contributed by atoms with van der Waals surface area (Å²) in [5, 5.41) is 0.768. The molecule has 1 fully saturated rings. The summed E-state index contributed by atoms with van der Waals surface area (Å²) in [7, 11) is -2.50. The van der Waals surface area contributed by atoms with E-state index in [9.17, 15) is 4.57 Å². The first-order chi connectivity index (χ1) is 8.94. The van der Waals surface area contributed by atoms with Gasteiger partial charge in [0, 0.05) is 36.1 Å². The molecule has 1 aliphatic rings. The van der Waals surface area contributed by atoms with Gasteiger partial charge < -0.3 is 14.4 Å². The first kappa shape index (κ1) is 12.7. The normalized spacial score (nSPS) is 17.6. The molecule has 1 aromatic heterocycles. The van der Waals surface area contributed by atoms with Gasteiger partial charge >= 0.3 is 7.82 Å². The SMILES string of the molecule is CN1CC(c2c[nH]c3cccc(OP(=O)(O)O)c23)C1. The molecular weight excluding hydrogens is 267 g/mol. The van der Waals surface area contributed by atoms with Crippen molar-refractivity contribution in [1.29, 1.82) is 0 Å². The van der Waals surface area contributed by atoms with E-state index in [0.29, 0.717) is 5.92 Å². The van der Waals surface area contributed by atoms with E-state index in [1.807, 2.05) is 19.3 Å². The molecule has 0 aliphatic carbocycles. The maximum Gasteiger partial charge on any atom is 0.524 e. The molecule has 19 heavy (non-hydrogen) atoms. The van der Waals surface area contributed by atoms with Crippen LogP contribution in [0.1, 0.15) is 11.5 Å². The van der Waals surface area contributed by atoms with E-state index < -0.39 is 7.82 Å². The zero-order valence-corrected chi connectivity index (χ0v) is 11.3. The van der Waals surface area contributed by atoms with Gasteiger partial charge in [-0.2, -0.15) is 0 Å². The van der Waals surface area contributed by atoms with E-state index in [1.165, 1.54) is 0 Å². The fourth-order valence-corrected chi connectivity index (χ4v) is 3.01. The second-order valence-corrected chi connectivity index (χ2v) is 6.09. The molecule has 3 N–H and O–H groups in total. The van der Waals surface area contributed by atoms with Crippen LogP contribution in [-0.2, 0) is 4.57 Å². The number of hydrogen-bond donors (Lipinski definition) is 3. The number of likely N-dealkylation sites (N-methyl/N-ethyl adjacent to an activating group) is 1. The average molecular weight is 282 g/mol. The van der Waals surface area contributed by atoms with Crippen LogP contribution in [0.5, 0.6) is 5.75 Å². The van der Waals surface area contributed by atoms with Crippen LogP contribution in [0.3, 0.4) is 0 Å². The summed E-state index contributed by atoms with van der Waals surface area (Å²) in [5.41, 5.74) is 1.88. The van der Waals surface area contributed by atoms with Gasteiger partial charge in [0.05, 0.1) is 0 Å². The lowest BCUT2D eigenvalue weighted by Gasteiger charge is -2.36. The van der Waals surface area contributed by atoms with E-state index >= 15 is 0 Å². The number of benzene rings is 1. The summed E-state index contributed by atoms with van der Waals surface area (Å²) in [6, 6.07) is 5.16. The van der Waals surface area contributed by atoms with Crippen molar-refractivity contribution in [3.05, 3.63) is 30.0 Å². The van der Waals surface area contributed by atoms with E-state index in [2.05, 4.69) is 9.88 Å². The molecule has 0 spiro atoms. The molecule has 2 aromatic rings. The van der Waals surface area contributed by atoms with Crippen LogP contribution in [0.2, 0.25) is 0 Å². The van der Waals surface area contributed by atoms with Gasteiger partial charge in [0.2, 0.25) is 0 Å². The maximum absolute atomic E-state index is 11.0. The topological polar surface area (TPSA) is 85.8 Å². The third-order valence-electron chi connectivity index (χ3n) is 3.42. The number of nitrogens with one attached hydrogen (secondary N) is 1. The first-order valence-electron chi connectivity index (χ1n) is 5.98. The minimum atomic E-state index is -4.54. The highest BCUT2D eigenvalue weighted by molar-refractivity contribution is 7.46. The Bertz CT molecular complexity index is 657. The van der Waals surface area contributed by atoms with Gasteiger partial charge in [-0.15, -0.1) is 0 Å². The van der Waals surface area contributed by atoms with Gasteiger partial charge in [-0.25, -0.2) is 4.57 Å². The fourth-order valence-electron chi connectivity index (χ4n) is 2.60. The predicted octanol–water partition coefficient (Wildman–Crippen LogP) is 1.67. The van der Waals surface area contributed by atoms with Crippen LogP contribution in [0.25, 0.3) is 10.9 Å². The Morgan fingerprint density at radius 1 is 1.42 bits per heavy atom. The molecule has 7 heteroatoms. The van der Waals surface area contributed by atoms with E-state index in [-0.39, 0.29) is 5.75 Å². The van der Waals surface area contributed by atoms with Crippen molar-refractivity contribution in [3.63, 3.8) is 0 Å². The molecule has 0 unspecified atom stereocenters. The van der Waals surface area contributed by atoms with Crippen LogP contribution < -0.4 is 4.52 Å². The van der Waals surface area contributed by atoms with E-state index in [4.69, 9.17) is 14.3 Å². The number of fused-ring (bicyclic) bond motifs is 1. The molecule has 0 atom stereocenters. The van der Waals surface area contributed by atoms with Gasteiger partial charge in [-0.05, 0) is 24.7 Å². The highest BCUT2D eigenvalue weighted by Gasteiger charge is 2.29. The molecule has 1 saturated heterocycles. The van der Waals surface area contributed by atoms with Crippen molar-refractivity contribution >= 4 is 18.7 Å². The minimum absolute atomic E-state index is 0.233. The Kier molecular flexibility index (Phi) is 2.91. The Hall–Kier alpha value is -1.33. The van der Waals surface area contributed by atoms with Gasteiger partial charge in [-0.3, -0.25) is 9.79 Å². The molecule has 0 bridgehead atoms. The third-order valence-corrected chi connectivity index (χ3v) is 3.85. The molecule has 0 saturated carbocycles. The summed E-state index contributed by atoms with van der Waals surface area (Å²) < 4.78 is 15.8. The zero-order chi connectivity index (χ0) is 13.6. The number of phosphoric ester groups is 1. The Balaban J connectivity index is 2.06. The summed E-state index contributed by atoms with van der Waals surface area (Å²) in [6.07, 6.45) is 1.90. The minimum Gasteiger partial charge on any atom is -0.404 e. The van der Waals surface area contributed by atoms with E-state index in [0.717, 1.165) is 29.6 Å². The highest BCUT2D eigenvalue weighted by atomic mass is 31.2. The summed E-state index contributed by atoms with van der Waals surface area (Å²) in [4.78, 5) is 23.3. The zero-order valence-electron chi connectivity index (χ0n) is 10.4. The largest absolute Gasteiger partial charge is 0.524 e. The Morgan fingerprint density at radius 2 is 2.16 bits per heavy atom. The summed E-state index contributed by atoms with van der Waals surface area (Å²) >= 11 is 0. The lowest BCUT2D eigenvalue weighted by Crippen LogP contribution is -2.41. The number of rotatable bonds is 3. The number of aromatic nitrogens is 1. The number of hydrogen-bond acceptors (Lipinski definition) is 3. The van der Waals surface area contributed by atoms with Crippen LogP contribution in [0.15, 0.2) is 24.4 Å². The van der Waals surface area contributed by atoms with Crippen LogP contribution >= 0.6 is 7.82 Å². The lowest BCUT2D eigenvalue weighted by atomic mass is 9.91. The molecule has 6 nitrogen and oxygen atoms in total. The van der Waals surface area contributed by atoms with Gasteiger partial charge in [0.25, 0.3) is 0 Å². The predicted molar refractivity (Wildman–Crippen MR) is 71.2 cm³/mol. The quantitative estimate of drug-likeness (QED) is 0.745. The van der Waals surface area contributed by atoms with Crippen molar-refractivity contribution in [2.75, 3.05) is 20.1 Å². The summed E-state index contributed by atoms with van der Waals surface area (Å²) in [5.74, 6) is 0.608. The highest BCUT2D eigenvalue weighted by Crippen LogP contribution is 2.43. The second-order valence-electron chi connectivity index (χ2n) is 4.92. The van der Waals surface area contributed by atoms with Gasteiger partial charge in [-0.1, -0.05) is 6.07 Å². The Morgan fingerprint density at radius 3 is 2.79 bits per heavy atom. The van der Waals surface area contributed by atoms with Crippen molar-refractivity contribution in [2.24, 2.45) is 0 Å². The van der Waals surface area contributed by atoms with Crippen LogP contribution in [0, 0.1) is 0 Å². The van der Waals surface area contributed by atoms with Crippen LogP contribution in [-0.4, -0.2) is 39.8 Å². The third kappa shape index (κ3) is 2.40. The van der Waals surface area contributed by atoms with E-state index in [1.54, 1.807) is 12.1 Å². The molecule has 102 valence electrons. The average Bonchev–Trinajstić information content (AvgIpc) is 2.67. The fraction of sp³-hybridized carbons (Fsp3) is 0.333. The second kappa shape index (κ2) is 4.35. The monoisotopic (exact) mass is 282 g/mol. The van der Waals surface area contributed by atoms with Gasteiger partial charge in [0.15, 0.2) is 0 Å². The standard InChI is InChI=1S/C12H15N2O4P/c1-14-6-8(7-14)9-5-13-10-3-2-4-11(12(9)10)18-19(15,16)17/h2-5,8,13H,6-7H2,1H3,(H2,15,16,17). The molecule has 1 aliphatic heterocycles. The maximum atomic E-state index is 11.0. The molecular formula is C12H15N2O4P. The number of likely N-dealkylation sites (tertiary alicyclic amines) is 1. The molecule has 2 heterocycles. The first-order valence-corrected chi connectivity index (χ1v) is 7.51. The number of nitrogens with zero attached hydrogens (tertiary/aromatic N) is 1. The Labute approximate surface area is 110 Å². The molecule has 0 amide bonds. The van der Waals surface area contributed by atoms with Crippen LogP contribution in [0.4, 0.5) is 0 Å². The number of H-pyrrole nitrogens is 1. The number of aromatic amines is 1. The van der Waals surface area contributed by atoms with Crippen molar-refractivity contribution < 1.29 is 18.9 Å². The smallest absolute Gasteiger partial charge is 0.404 e. The lowest BCUT2D eigenvalue weighted by molar-refractivity contribution is 0.190. The van der Waals surface area contributed by atoms with Crippen molar-refractivity contribution in [3.8, 4) is 5.75 Å². The van der Waals surface area contributed by atoms with Gasteiger partial charge in [0.1, 0.15) is 5.75 Å². The molecule has 3 rings (SSSR count). The summed E-state index contributed by atoms with van der Waals surface area (Å²) in [6.45, 7) is 1.88.